The Balaban J connectivity index is 2.01. The summed E-state index contributed by atoms with van der Waals surface area (Å²) < 4.78 is 2.11. The number of hydrogen-bond donors (Lipinski definition) is 2. The van der Waals surface area contributed by atoms with Gasteiger partial charge in [-0.05, 0) is 24.9 Å². The van der Waals surface area contributed by atoms with Crippen molar-refractivity contribution >= 4 is 0 Å². The van der Waals surface area contributed by atoms with E-state index in [2.05, 4.69) is 19.7 Å². The maximum Gasteiger partial charge on any atom is 0.247 e. The second-order valence-corrected chi connectivity index (χ2v) is 4.63. The van der Waals surface area contributed by atoms with Crippen LogP contribution in [0.5, 0.6) is 0 Å². The summed E-state index contributed by atoms with van der Waals surface area (Å²) in [6, 6.07) is 3.27. The molecule has 0 amide bonds. The zero-order chi connectivity index (χ0) is 12.5. The summed E-state index contributed by atoms with van der Waals surface area (Å²) in [5, 5.41) is 8.42. The number of H-pyrrole nitrogens is 1. The van der Waals surface area contributed by atoms with Gasteiger partial charge in [-0.2, -0.15) is 0 Å². The highest BCUT2D eigenvalue weighted by atomic mass is 16.1. The summed E-state index contributed by atoms with van der Waals surface area (Å²) in [4.78, 5) is 13.7. The first-order valence-electron chi connectivity index (χ1n) is 6.09. The van der Waals surface area contributed by atoms with Crippen LogP contribution in [0.15, 0.2) is 23.1 Å². The molecule has 1 atom stereocenters. The Morgan fingerprint density at radius 2 is 2.33 bits per heavy atom. The van der Waals surface area contributed by atoms with E-state index in [1.165, 1.54) is 6.07 Å². The number of nitrogens with one attached hydrogen (secondary N) is 1. The Kier molecular flexibility index (Phi) is 2.71. The number of aromatic amines is 1. The van der Waals surface area contributed by atoms with Crippen molar-refractivity contribution in [3.8, 4) is 11.4 Å². The molecule has 0 fully saturated rings. The summed E-state index contributed by atoms with van der Waals surface area (Å²) in [6.07, 6.45) is 3.66. The average Bonchev–Trinajstić information content (AvgIpc) is 2.82. The molecule has 1 aliphatic heterocycles. The van der Waals surface area contributed by atoms with Crippen molar-refractivity contribution in [2.24, 2.45) is 11.7 Å². The maximum atomic E-state index is 11.1. The van der Waals surface area contributed by atoms with E-state index >= 15 is 0 Å². The van der Waals surface area contributed by atoms with Crippen LogP contribution in [0.4, 0.5) is 0 Å². The first-order valence-corrected chi connectivity index (χ1v) is 6.09. The minimum Gasteiger partial charge on any atom is -0.330 e. The van der Waals surface area contributed by atoms with Crippen LogP contribution in [0.2, 0.25) is 0 Å². The molecular weight excluding hydrogens is 230 g/mol. The van der Waals surface area contributed by atoms with Gasteiger partial charge in [-0.3, -0.25) is 4.79 Å². The van der Waals surface area contributed by atoms with Gasteiger partial charge >= 0.3 is 0 Å². The Bertz CT molecular complexity index is 595. The number of fused-ring (bicyclic) bond motifs is 1. The molecule has 0 saturated heterocycles. The fourth-order valence-electron chi connectivity index (χ4n) is 2.35. The van der Waals surface area contributed by atoms with E-state index in [-0.39, 0.29) is 5.56 Å². The number of aromatic nitrogens is 4. The number of hydrogen-bond acceptors (Lipinski definition) is 4. The lowest BCUT2D eigenvalue weighted by Crippen LogP contribution is -2.26. The number of pyridine rings is 1. The zero-order valence-corrected chi connectivity index (χ0v) is 9.97. The van der Waals surface area contributed by atoms with Gasteiger partial charge in [0.15, 0.2) is 5.82 Å². The monoisotopic (exact) mass is 245 g/mol. The highest BCUT2D eigenvalue weighted by molar-refractivity contribution is 5.53. The van der Waals surface area contributed by atoms with Crippen LogP contribution in [0.1, 0.15) is 12.2 Å². The molecule has 94 valence electrons. The topological polar surface area (TPSA) is 89.6 Å². The average molecular weight is 245 g/mol. The van der Waals surface area contributed by atoms with E-state index < -0.39 is 0 Å². The third-order valence-corrected chi connectivity index (χ3v) is 3.42. The molecule has 6 nitrogen and oxygen atoms in total. The van der Waals surface area contributed by atoms with Gasteiger partial charge in [0, 0.05) is 30.8 Å². The third-order valence-electron chi connectivity index (χ3n) is 3.42. The molecule has 0 bridgehead atoms. The fraction of sp³-hybridized carbons (Fsp3) is 0.417. The van der Waals surface area contributed by atoms with Gasteiger partial charge in [-0.1, -0.05) is 0 Å². The molecule has 0 aliphatic carbocycles. The molecule has 3 N–H and O–H groups in total. The number of nitrogens with zero attached hydrogens (tertiary/aromatic N) is 3. The number of rotatable bonds is 2. The van der Waals surface area contributed by atoms with E-state index in [9.17, 15) is 4.79 Å². The Morgan fingerprint density at radius 1 is 1.44 bits per heavy atom. The van der Waals surface area contributed by atoms with Gasteiger partial charge < -0.3 is 15.3 Å². The van der Waals surface area contributed by atoms with Gasteiger partial charge in [0.05, 0.1) is 0 Å². The molecule has 0 radical (unpaired) electrons. The molecule has 6 heteroatoms. The zero-order valence-electron chi connectivity index (χ0n) is 9.97. The molecule has 2 aromatic heterocycles. The molecular formula is C12H15N5O. The van der Waals surface area contributed by atoms with Crippen LogP contribution in [-0.2, 0) is 13.0 Å². The van der Waals surface area contributed by atoms with Crippen LogP contribution >= 0.6 is 0 Å². The molecule has 1 aliphatic rings. The predicted molar refractivity (Wildman–Crippen MR) is 66.9 cm³/mol. The normalized spacial score (nSPS) is 18.6. The molecule has 0 spiro atoms. The standard InChI is InChI=1S/C12H15N5O/c13-5-8-1-3-10-15-16-12(17(10)7-8)9-2-4-11(18)14-6-9/h2,4,6,8H,1,3,5,7,13H2,(H,14,18). The molecule has 2 aromatic rings. The molecule has 0 saturated carbocycles. The summed E-state index contributed by atoms with van der Waals surface area (Å²) >= 11 is 0. The molecule has 3 rings (SSSR count). The lowest BCUT2D eigenvalue weighted by Gasteiger charge is -2.22. The van der Waals surface area contributed by atoms with Gasteiger partial charge in [-0.15, -0.1) is 10.2 Å². The largest absolute Gasteiger partial charge is 0.330 e. The Labute approximate surface area is 104 Å². The van der Waals surface area contributed by atoms with Crippen molar-refractivity contribution < 1.29 is 0 Å². The van der Waals surface area contributed by atoms with Crippen molar-refractivity contribution in [3.63, 3.8) is 0 Å². The first-order chi connectivity index (χ1) is 8.78. The summed E-state index contributed by atoms with van der Waals surface area (Å²) in [5.74, 6) is 2.29. The second-order valence-electron chi connectivity index (χ2n) is 4.63. The maximum absolute atomic E-state index is 11.1. The second kappa shape index (κ2) is 4.38. The lowest BCUT2D eigenvalue weighted by atomic mass is 9.99. The highest BCUT2D eigenvalue weighted by Crippen LogP contribution is 2.24. The Hall–Kier alpha value is -1.95. The van der Waals surface area contributed by atoms with E-state index in [0.29, 0.717) is 12.5 Å². The molecule has 0 aromatic carbocycles. The van der Waals surface area contributed by atoms with E-state index in [1.54, 1.807) is 12.3 Å². The van der Waals surface area contributed by atoms with Gasteiger partial charge in [0.1, 0.15) is 5.82 Å². The van der Waals surface area contributed by atoms with E-state index in [4.69, 9.17) is 5.73 Å². The summed E-state index contributed by atoms with van der Waals surface area (Å²) in [5.41, 5.74) is 6.50. The molecule has 18 heavy (non-hydrogen) atoms. The third kappa shape index (κ3) is 1.84. The van der Waals surface area contributed by atoms with Crippen molar-refractivity contribution in [1.82, 2.24) is 19.7 Å². The van der Waals surface area contributed by atoms with Crippen molar-refractivity contribution in [3.05, 3.63) is 34.5 Å². The Morgan fingerprint density at radius 3 is 3.06 bits per heavy atom. The summed E-state index contributed by atoms with van der Waals surface area (Å²) in [6.45, 7) is 1.54. The fourth-order valence-corrected chi connectivity index (χ4v) is 2.35. The quantitative estimate of drug-likeness (QED) is 0.788. The van der Waals surface area contributed by atoms with Crippen LogP contribution in [-0.4, -0.2) is 26.3 Å². The minimum absolute atomic E-state index is 0.114. The van der Waals surface area contributed by atoms with Crippen LogP contribution in [0.3, 0.4) is 0 Å². The van der Waals surface area contributed by atoms with E-state index in [1.807, 2.05) is 0 Å². The van der Waals surface area contributed by atoms with Gasteiger partial charge in [0.2, 0.25) is 5.56 Å². The van der Waals surface area contributed by atoms with Crippen LogP contribution < -0.4 is 11.3 Å². The summed E-state index contributed by atoms with van der Waals surface area (Å²) in [7, 11) is 0. The first kappa shape index (κ1) is 11.2. The van der Waals surface area contributed by atoms with Crippen molar-refractivity contribution in [1.29, 1.82) is 0 Å². The van der Waals surface area contributed by atoms with E-state index in [0.717, 1.165) is 36.6 Å². The number of aryl methyl sites for hydroxylation is 1. The SMILES string of the molecule is NCC1CCc2nnc(-c3ccc(=O)[nH]c3)n2C1. The van der Waals surface area contributed by atoms with Crippen LogP contribution in [0, 0.1) is 5.92 Å². The molecule has 1 unspecified atom stereocenters. The number of nitrogens with two attached hydrogens (primary N) is 1. The van der Waals surface area contributed by atoms with Gasteiger partial charge in [-0.25, -0.2) is 0 Å². The smallest absolute Gasteiger partial charge is 0.247 e. The highest BCUT2D eigenvalue weighted by Gasteiger charge is 2.22. The lowest BCUT2D eigenvalue weighted by molar-refractivity contribution is 0.375. The minimum atomic E-state index is -0.114. The van der Waals surface area contributed by atoms with Crippen molar-refractivity contribution in [2.45, 2.75) is 19.4 Å². The van der Waals surface area contributed by atoms with Crippen molar-refractivity contribution in [2.75, 3.05) is 6.54 Å². The van der Waals surface area contributed by atoms with Gasteiger partial charge in [0.25, 0.3) is 0 Å². The predicted octanol–water partition coefficient (Wildman–Crippen LogP) is 0.154. The van der Waals surface area contributed by atoms with Crippen LogP contribution in [0.25, 0.3) is 11.4 Å². The molecule has 3 heterocycles.